The number of likely N-dealkylation sites (N-methyl/N-ethyl adjacent to an activating group) is 1. The van der Waals surface area contributed by atoms with Crippen molar-refractivity contribution in [3.8, 4) is 0 Å². The van der Waals surface area contributed by atoms with Crippen LogP contribution in [0.2, 0.25) is 5.02 Å². The van der Waals surface area contributed by atoms with E-state index in [0.29, 0.717) is 37.5 Å². The molecule has 0 unspecified atom stereocenters. The number of hydrogen-bond donors (Lipinski definition) is 1. The molecule has 0 spiro atoms. The van der Waals surface area contributed by atoms with Crippen molar-refractivity contribution in [3.63, 3.8) is 0 Å². The van der Waals surface area contributed by atoms with Gasteiger partial charge in [0, 0.05) is 30.6 Å². The fourth-order valence-electron chi connectivity index (χ4n) is 2.87. The molecule has 5 nitrogen and oxygen atoms in total. The van der Waals surface area contributed by atoms with Crippen LogP contribution >= 0.6 is 11.6 Å². The third kappa shape index (κ3) is 4.45. The first-order chi connectivity index (χ1) is 10.9. The van der Waals surface area contributed by atoms with Crippen LogP contribution in [0.1, 0.15) is 25.3 Å². The molecule has 1 aliphatic rings. The average Bonchev–Trinajstić information content (AvgIpc) is 2.55. The van der Waals surface area contributed by atoms with Gasteiger partial charge in [-0.15, -0.1) is 0 Å². The largest absolute Gasteiger partial charge is 0.369 e. The van der Waals surface area contributed by atoms with Gasteiger partial charge in [-0.05, 0) is 38.4 Å². The molecule has 0 bridgehead atoms. The summed E-state index contributed by atoms with van der Waals surface area (Å²) < 4.78 is 0. The van der Waals surface area contributed by atoms with Crippen molar-refractivity contribution in [2.45, 2.75) is 32.4 Å². The summed E-state index contributed by atoms with van der Waals surface area (Å²) in [6.07, 6.45) is 1.31. The van der Waals surface area contributed by atoms with Gasteiger partial charge in [0.25, 0.3) is 0 Å². The lowest BCUT2D eigenvalue weighted by Gasteiger charge is -2.34. The number of carbonyl (C=O) groups is 2. The first kappa shape index (κ1) is 17.8. The number of hydrogen-bond acceptors (Lipinski definition) is 3. The third-order valence-corrected chi connectivity index (χ3v) is 4.97. The number of halogens is 1. The monoisotopic (exact) mass is 337 g/mol. The zero-order valence-electron chi connectivity index (χ0n) is 13.7. The zero-order chi connectivity index (χ0) is 17.0. The summed E-state index contributed by atoms with van der Waals surface area (Å²) in [6, 6.07) is 7.41. The highest BCUT2D eigenvalue weighted by atomic mass is 35.5. The van der Waals surface area contributed by atoms with Crippen LogP contribution in [0.15, 0.2) is 24.3 Å². The fraction of sp³-hybridized carbons (Fsp3) is 0.529. The van der Waals surface area contributed by atoms with Gasteiger partial charge in [-0.3, -0.25) is 14.5 Å². The number of nitrogens with two attached hydrogens (primary N) is 1. The second-order valence-corrected chi connectivity index (χ2v) is 6.59. The number of amides is 2. The molecule has 0 saturated carbocycles. The smallest absolute Gasteiger partial charge is 0.239 e. The highest BCUT2D eigenvalue weighted by Crippen LogP contribution is 2.20. The summed E-state index contributed by atoms with van der Waals surface area (Å²) in [5.41, 5.74) is 6.34. The molecule has 2 N–H and O–H groups in total. The Bertz CT molecular complexity index is 571. The lowest BCUT2D eigenvalue weighted by atomic mass is 9.96. The Morgan fingerprint density at radius 2 is 1.96 bits per heavy atom. The predicted molar refractivity (Wildman–Crippen MR) is 90.9 cm³/mol. The minimum absolute atomic E-state index is 0.0856. The van der Waals surface area contributed by atoms with Gasteiger partial charge in [0.2, 0.25) is 11.8 Å². The highest BCUT2D eigenvalue weighted by Gasteiger charge is 2.29. The second kappa shape index (κ2) is 7.79. The Hall–Kier alpha value is -1.59. The molecule has 1 aromatic carbocycles. The molecule has 2 rings (SSSR count). The summed E-state index contributed by atoms with van der Waals surface area (Å²) in [7, 11) is 1.92. The molecular formula is C17H24ClN3O2. The summed E-state index contributed by atoms with van der Waals surface area (Å²) in [5, 5.41) is 0.710. The van der Waals surface area contributed by atoms with E-state index in [1.165, 1.54) is 0 Å². The normalized spacial score (nSPS) is 17.3. The van der Waals surface area contributed by atoms with Crippen molar-refractivity contribution in [1.82, 2.24) is 9.80 Å². The highest BCUT2D eigenvalue weighted by molar-refractivity contribution is 6.31. The maximum atomic E-state index is 12.6. The van der Waals surface area contributed by atoms with Crippen LogP contribution < -0.4 is 5.73 Å². The van der Waals surface area contributed by atoms with Gasteiger partial charge in [-0.2, -0.15) is 0 Å². The van der Waals surface area contributed by atoms with E-state index in [9.17, 15) is 9.59 Å². The molecule has 0 aliphatic carbocycles. The van der Waals surface area contributed by atoms with Crippen molar-refractivity contribution in [3.05, 3.63) is 34.9 Å². The van der Waals surface area contributed by atoms with E-state index in [2.05, 4.69) is 0 Å². The number of benzene rings is 1. The Kier molecular flexibility index (Phi) is 6.02. The third-order valence-electron chi connectivity index (χ3n) is 4.61. The maximum absolute atomic E-state index is 12.6. The first-order valence-electron chi connectivity index (χ1n) is 7.92. The lowest BCUT2D eigenvalue weighted by molar-refractivity contribution is -0.139. The van der Waals surface area contributed by atoms with Crippen LogP contribution in [0.4, 0.5) is 0 Å². The molecule has 1 fully saturated rings. The summed E-state index contributed by atoms with van der Waals surface area (Å²) in [5.74, 6) is -0.279. The second-order valence-electron chi connectivity index (χ2n) is 6.18. The van der Waals surface area contributed by atoms with Crippen molar-refractivity contribution in [2.24, 2.45) is 11.7 Å². The van der Waals surface area contributed by atoms with Crippen molar-refractivity contribution in [2.75, 3.05) is 20.1 Å². The van der Waals surface area contributed by atoms with Gasteiger partial charge < -0.3 is 10.6 Å². The van der Waals surface area contributed by atoms with Crippen LogP contribution in [-0.2, 0) is 16.1 Å². The Labute approximate surface area is 142 Å². The molecule has 1 aliphatic heterocycles. The molecule has 0 radical (unpaired) electrons. The Balaban J connectivity index is 1.92. The van der Waals surface area contributed by atoms with Gasteiger partial charge >= 0.3 is 0 Å². The Morgan fingerprint density at radius 1 is 1.35 bits per heavy atom. The van der Waals surface area contributed by atoms with Gasteiger partial charge in [0.05, 0.1) is 6.04 Å². The summed E-state index contributed by atoms with van der Waals surface area (Å²) >= 11 is 6.18. The predicted octanol–water partition coefficient (Wildman–Crippen LogP) is 1.88. The minimum atomic E-state index is -0.263. The molecule has 1 saturated heterocycles. The lowest BCUT2D eigenvalue weighted by Crippen LogP contribution is -2.49. The van der Waals surface area contributed by atoms with E-state index >= 15 is 0 Å². The van der Waals surface area contributed by atoms with Crippen LogP contribution in [0.25, 0.3) is 0 Å². The average molecular weight is 338 g/mol. The van der Waals surface area contributed by atoms with Gasteiger partial charge in [-0.25, -0.2) is 0 Å². The van der Waals surface area contributed by atoms with Crippen LogP contribution in [0.5, 0.6) is 0 Å². The minimum Gasteiger partial charge on any atom is -0.369 e. The molecule has 1 heterocycles. The van der Waals surface area contributed by atoms with Gasteiger partial charge in [0.15, 0.2) is 0 Å². The van der Waals surface area contributed by atoms with Crippen LogP contribution in [-0.4, -0.2) is 47.8 Å². The quantitative estimate of drug-likeness (QED) is 0.892. The molecule has 1 aromatic rings. The molecule has 1 atom stereocenters. The van der Waals surface area contributed by atoms with Gasteiger partial charge in [0.1, 0.15) is 0 Å². The SMILES string of the molecule is C[C@@H](C(=O)N1CCC(C(N)=O)CC1)N(C)Cc1ccccc1Cl. The van der Waals surface area contributed by atoms with E-state index in [1.54, 1.807) is 0 Å². The topological polar surface area (TPSA) is 66.6 Å². The molecule has 6 heteroatoms. The molecule has 0 aromatic heterocycles. The summed E-state index contributed by atoms with van der Waals surface area (Å²) in [4.78, 5) is 27.6. The number of likely N-dealkylation sites (tertiary alicyclic amines) is 1. The molecule has 2 amide bonds. The molecular weight excluding hydrogens is 314 g/mol. The van der Waals surface area contributed by atoms with Crippen molar-refractivity contribution >= 4 is 23.4 Å². The maximum Gasteiger partial charge on any atom is 0.239 e. The fourth-order valence-corrected chi connectivity index (χ4v) is 3.06. The van der Waals surface area contributed by atoms with Crippen molar-refractivity contribution < 1.29 is 9.59 Å². The number of nitrogens with zero attached hydrogens (tertiary/aromatic N) is 2. The van der Waals surface area contributed by atoms with Crippen molar-refractivity contribution in [1.29, 1.82) is 0 Å². The van der Waals surface area contributed by atoms with E-state index < -0.39 is 0 Å². The standard InChI is InChI=1S/C17H24ClN3O2/c1-12(20(2)11-14-5-3-4-6-15(14)18)17(23)21-9-7-13(8-10-21)16(19)22/h3-6,12-13H,7-11H2,1-2H3,(H2,19,22)/t12-/m0/s1. The molecule has 23 heavy (non-hydrogen) atoms. The van der Waals surface area contributed by atoms with E-state index in [4.69, 9.17) is 17.3 Å². The summed E-state index contributed by atoms with van der Waals surface area (Å²) in [6.45, 7) is 3.71. The molecule has 126 valence electrons. The van der Waals surface area contributed by atoms with E-state index in [-0.39, 0.29) is 23.8 Å². The number of carbonyl (C=O) groups excluding carboxylic acids is 2. The van der Waals surface area contributed by atoms with E-state index in [1.807, 2.05) is 48.0 Å². The van der Waals surface area contributed by atoms with Crippen LogP contribution in [0, 0.1) is 5.92 Å². The van der Waals surface area contributed by atoms with E-state index in [0.717, 1.165) is 5.56 Å². The van der Waals surface area contributed by atoms with Crippen LogP contribution in [0.3, 0.4) is 0 Å². The number of primary amides is 1. The van der Waals surface area contributed by atoms with Gasteiger partial charge in [-0.1, -0.05) is 29.8 Å². The number of piperidine rings is 1. The Morgan fingerprint density at radius 3 is 2.52 bits per heavy atom. The first-order valence-corrected chi connectivity index (χ1v) is 8.29. The number of rotatable bonds is 5. The zero-order valence-corrected chi connectivity index (χ0v) is 14.4.